The first-order valence-corrected chi connectivity index (χ1v) is 3.97. The fourth-order valence-electron chi connectivity index (χ4n) is 1.63. The Morgan fingerprint density at radius 3 is 2.15 bits per heavy atom. The summed E-state index contributed by atoms with van der Waals surface area (Å²) in [6, 6.07) is 2.40. The first-order valence-electron chi connectivity index (χ1n) is 3.97. The number of nitrogen functional groups attached to an aromatic ring is 1. The van der Waals surface area contributed by atoms with Gasteiger partial charge in [0.1, 0.15) is 0 Å². The van der Waals surface area contributed by atoms with Crippen LogP contribution in [0.15, 0.2) is 12.1 Å². The highest BCUT2D eigenvalue weighted by atomic mass is 19.4. The minimum Gasteiger partial charge on any atom is -0.398 e. The molecule has 1 aliphatic carbocycles. The van der Waals surface area contributed by atoms with Gasteiger partial charge in [0, 0.05) is 5.69 Å². The third kappa shape index (κ3) is 1.17. The van der Waals surface area contributed by atoms with Gasteiger partial charge in [0.2, 0.25) is 0 Å². The summed E-state index contributed by atoms with van der Waals surface area (Å²) in [5, 5.41) is 0. The standard InChI is InChI=1S/C9H8F3N/c10-9(11,12)7-3-4-8(13)6-2-1-5(6)7/h3-4H,1-2,13H2. The molecule has 0 aromatic heterocycles. The fourth-order valence-corrected chi connectivity index (χ4v) is 1.63. The Bertz CT molecular complexity index is 355. The number of anilines is 1. The van der Waals surface area contributed by atoms with Crippen LogP contribution >= 0.6 is 0 Å². The minimum atomic E-state index is -4.24. The summed E-state index contributed by atoms with van der Waals surface area (Å²) in [6.07, 6.45) is -3.07. The number of halogens is 3. The van der Waals surface area contributed by atoms with Crippen molar-refractivity contribution in [3.8, 4) is 0 Å². The van der Waals surface area contributed by atoms with Crippen LogP contribution in [0.4, 0.5) is 18.9 Å². The molecule has 1 nitrogen and oxygen atoms in total. The van der Waals surface area contributed by atoms with Gasteiger partial charge in [-0.2, -0.15) is 13.2 Å². The van der Waals surface area contributed by atoms with E-state index in [0.717, 1.165) is 6.07 Å². The molecule has 0 amide bonds. The summed E-state index contributed by atoms with van der Waals surface area (Å²) < 4.78 is 37.1. The molecule has 4 heteroatoms. The van der Waals surface area contributed by atoms with Gasteiger partial charge in [0.15, 0.2) is 0 Å². The Hall–Kier alpha value is -1.19. The van der Waals surface area contributed by atoms with Gasteiger partial charge in [0.25, 0.3) is 0 Å². The van der Waals surface area contributed by atoms with E-state index in [1.54, 1.807) is 0 Å². The predicted molar refractivity (Wildman–Crippen MR) is 43.3 cm³/mol. The molecule has 0 heterocycles. The van der Waals surface area contributed by atoms with Gasteiger partial charge >= 0.3 is 6.18 Å². The molecule has 0 unspecified atom stereocenters. The van der Waals surface area contributed by atoms with Gasteiger partial charge in [0.05, 0.1) is 5.56 Å². The smallest absolute Gasteiger partial charge is 0.398 e. The maximum Gasteiger partial charge on any atom is 0.416 e. The molecule has 2 N–H and O–H groups in total. The third-order valence-corrected chi connectivity index (χ3v) is 2.40. The molecule has 0 bridgehead atoms. The third-order valence-electron chi connectivity index (χ3n) is 2.40. The zero-order valence-corrected chi connectivity index (χ0v) is 6.78. The molecular formula is C9H8F3N. The second-order valence-electron chi connectivity index (χ2n) is 3.16. The van der Waals surface area contributed by atoms with Crippen molar-refractivity contribution >= 4 is 5.69 Å². The van der Waals surface area contributed by atoms with E-state index in [4.69, 9.17) is 5.73 Å². The SMILES string of the molecule is Nc1ccc(C(F)(F)F)c2c1CC2. The van der Waals surface area contributed by atoms with Crippen molar-refractivity contribution in [1.82, 2.24) is 0 Å². The lowest BCUT2D eigenvalue weighted by molar-refractivity contribution is -0.138. The highest BCUT2D eigenvalue weighted by molar-refractivity contribution is 5.59. The molecule has 1 aromatic rings. The van der Waals surface area contributed by atoms with Gasteiger partial charge in [-0.15, -0.1) is 0 Å². The number of hydrogen-bond donors (Lipinski definition) is 1. The lowest BCUT2D eigenvalue weighted by Crippen LogP contribution is -2.19. The van der Waals surface area contributed by atoms with E-state index in [-0.39, 0.29) is 0 Å². The Morgan fingerprint density at radius 1 is 1.08 bits per heavy atom. The largest absolute Gasteiger partial charge is 0.416 e. The number of rotatable bonds is 0. The summed E-state index contributed by atoms with van der Waals surface area (Å²) in [5.41, 5.74) is 6.53. The van der Waals surface area contributed by atoms with Gasteiger partial charge < -0.3 is 5.73 Å². The summed E-state index contributed by atoms with van der Waals surface area (Å²) in [5.74, 6) is 0. The van der Waals surface area contributed by atoms with E-state index in [1.165, 1.54) is 6.07 Å². The highest BCUT2D eigenvalue weighted by Crippen LogP contribution is 2.40. The average Bonchev–Trinajstić information content (AvgIpc) is 1.90. The lowest BCUT2D eigenvalue weighted by atomic mass is 9.83. The molecule has 1 aliphatic rings. The van der Waals surface area contributed by atoms with Crippen LogP contribution in [0.25, 0.3) is 0 Å². The van der Waals surface area contributed by atoms with Crippen molar-refractivity contribution in [2.24, 2.45) is 0 Å². The molecule has 2 rings (SSSR count). The van der Waals surface area contributed by atoms with Crippen molar-refractivity contribution in [2.45, 2.75) is 19.0 Å². The van der Waals surface area contributed by atoms with Crippen LogP contribution in [0.2, 0.25) is 0 Å². The van der Waals surface area contributed by atoms with Gasteiger partial charge in [-0.25, -0.2) is 0 Å². The summed E-state index contributed by atoms with van der Waals surface area (Å²) >= 11 is 0. The van der Waals surface area contributed by atoms with E-state index in [0.29, 0.717) is 29.7 Å². The van der Waals surface area contributed by atoms with Gasteiger partial charge in [-0.3, -0.25) is 0 Å². The normalized spacial score (nSPS) is 15.0. The molecule has 0 radical (unpaired) electrons. The fraction of sp³-hybridized carbons (Fsp3) is 0.333. The molecular weight excluding hydrogens is 179 g/mol. The summed E-state index contributed by atoms with van der Waals surface area (Å²) in [6.45, 7) is 0. The Morgan fingerprint density at radius 2 is 1.69 bits per heavy atom. The molecule has 0 saturated carbocycles. The Balaban J connectivity index is 2.56. The van der Waals surface area contributed by atoms with Crippen molar-refractivity contribution < 1.29 is 13.2 Å². The molecule has 0 atom stereocenters. The van der Waals surface area contributed by atoms with Crippen molar-refractivity contribution in [3.05, 3.63) is 28.8 Å². The molecule has 13 heavy (non-hydrogen) atoms. The molecule has 0 aliphatic heterocycles. The minimum absolute atomic E-state index is 0.382. The van der Waals surface area contributed by atoms with Gasteiger partial charge in [-0.05, 0) is 36.1 Å². The zero-order chi connectivity index (χ0) is 9.64. The first-order chi connectivity index (χ1) is 6.00. The van der Waals surface area contributed by atoms with Crippen molar-refractivity contribution in [3.63, 3.8) is 0 Å². The number of benzene rings is 1. The van der Waals surface area contributed by atoms with E-state index < -0.39 is 11.7 Å². The van der Waals surface area contributed by atoms with Crippen LogP contribution in [-0.4, -0.2) is 0 Å². The number of fused-ring (bicyclic) bond motifs is 1. The summed E-state index contributed by atoms with van der Waals surface area (Å²) in [7, 11) is 0. The number of alkyl halides is 3. The van der Waals surface area contributed by atoms with Crippen LogP contribution in [0.1, 0.15) is 16.7 Å². The van der Waals surface area contributed by atoms with Crippen LogP contribution in [0.5, 0.6) is 0 Å². The van der Waals surface area contributed by atoms with E-state index >= 15 is 0 Å². The molecule has 70 valence electrons. The maximum atomic E-state index is 12.4. The summed E-state index contributed by atoms with van der Waals surface area (Å²) in [4.78, 5) is 0. The van der Waals surface area contributed by atoms with E-state index in [1.807, 2.05) is 0 Å². The quantitative estimate of drug-likeness (QED) is 0.620. The van der Waals surface area contributed by atoms with E-state index in [2.05, 4.69) is 0 Å². The van der Waals surface area contributed by atoms with Crippen LogP contribution in [0.3, 0.4) is 0 Å². The molecule has 0 saturated heterocycles. The number of nitrogens with two attached hydrogens (primary N) is 1. The van der Waals surface area contributed by atoms with Crippen LogP contribution < -0.4 is 5.73 Å². The van der Waals surface area contributed by atoms with Crippen molar-refractivity contribution in [2.75, 3.05) is 5.73 Å². The topological polar surface area (TPSA) is 26.0 Å². The Kier molecular flexibility index (Phi) is 1.55. The molecule has 0 fully saturated rings. The average molecular weight is 187 g/mol. The number of hydrogen-bond acceptors (Lipinski definition) is 1. The molecule has 0 spiro atoms. The van der Waals surface area contributed by atoms with Crippen LogP contribution in [-0.2, 0) is 19.0 Å². The predicted octanol–water partition coefficient (Wildman–Crippen LogP) is 2.39. The lowest BCUT2D eigenvalue weighted by Gasteiger charge is -2.25. The highest BCUT2D eigenvalue weighted by Gasteiger charge is 2.36. The second kappa shape index (κ2) is 2.40. The maximum absolute atomic E-state index is 12.4. The van der Waals surface area contributed by atoms with Crippen molar-refractivity contribution in [1.29, 1.82) is 0 Å². The Labute approximate surface area is 73.4 Å². The van der Waals surface area contributed by atoms with E-state index in [9.17, 15) is 13.2 Å². The van der Waals surface area contributed by atoms with Gasteiger partial charge in [-0.1, -0.05) is 0 Å². The monoisotopic (exact) mass is 187 g/mol. The molecule has 1 aromatic carbocycles. The second-order valence-corrected chi connectivity index (χ2v) is 3.16. The first kappa shape index (κ1) is 8.41. The van der Waals surface area contributed by atoms with Crippen LogP contribution in [0, 0.1) is 0 Å². The zero-order valence-electron chi connectivity index (χ0n) is 6.78.